The maximum absolute atomic E-state index is 13.1. The van der Waals surface area contributed by atoms with Gasteiger partial charge in [0.1, 0.15) is 11.5 Å². The molecule has 2 aromatic heterocycles. The van der Waals surface area contributed by atoms with Gasteiger partial charge >= 0.3 is 5.97 Å². The lowest BCUT2D eigenvalue weighted by Gasteiger charge is -2.22. The second-order valence-corrected chi connectivity index (χ2v) is 7.55. The lowest BCUT2D eigenvalue weighted by atomic mass is 9.90. The highest BCUT2D eigenvalue weighted by atomic mass is 19.1. The van der Waals surface area contributed by atoms with Crippen LogP contribution < -0.4 is 10.9 Å². The number of carboxylic acids is 1. The highest BCUT2D eigenvalue weighted by Gasteiger charge is 2.23. The van der Waals surface area contributed by atoms with Crippen molar-refractivity contribution >= 4 is 11.6 Å². The van der Waals surface area contributed by atoms with Crippen LogP contribution in [0.4, 0.5) is 4.39 Å². The Bertz CT molecular complexity index is 1100. The molecule has 8 heteroatoms. The van der Waals surface area contributed by atoms with Crippen LogP contribution in [-0.4, -0.2) is 38.7 Å². The van der Waals surface area contributed by atoms with E-state index in [4.69, 9.17) is 0 Å². The number of aryl methyl sites for hydroxylation is 1. The Balaban J connectivity index is 1.58. The number of hydrogen-bond acceptors (Lipinski definition) is 5. The quantitative estimate of drug-likeness (QED) is 0.430. The molecule has 2 unspecified atom stereocenters. The molecule has 1 aromatic carbocycles. The van der Waals surface area contributed by atoms with E-state index in [0.717, 1.165) is 0 Å². The molecule has 0 fully saturated rings. The first-order valence-corrected chi connectivity index (χ1v) is 10.2. The summed E-state index contributed by atoms with van der Waals surface area (Å²) in [6.45, 7) is 2.80. The molecule has 0 saturated carbocycles. The standard InChI is InChI=1S/C23H26FN3O4/c1-15-19(23(31)27-13-3-2-4-20(27)26-15)10-12-25-11-9-17(14-21(28)29)22(30)16-5-7-18(24)8-6-16/h2-8,13,17,22,25,30H,9-12,14H2,1H3,(H,28,29). The number of carboxylic acid groups (broad SMARTS) is 1. The van der Waals surface area contributed by atoms with Gasteiger partial charge in [0.05, 0.1) is 12.5 Å². The molecule has 0 bridgehead atoms. The monoisotopic (exact) mass is 427 g/mol. The maximum Gasteiger partial charge on any atom is 0.303 e. The van der Waals surface area contributed by atoms with Crippen molar-refractivity contribution in [2.75, 3.05) is 13.1 Å². The summed E-state index contributed by atoms with van der Waals surface area (Å²) in [4.78, 5) is 28.4. The van der Waals surface area contributed by atoms with Gasteiger partial charge in [-0.05, 0) is 62.7 Å². The Morgan fingerprint density at radius 3 is 2.65 bits per heavy atom. The lowest BCUT2D eigenvalue weighted by molar-refractivity contribution is -0.139. The van der Waals surface area contributed by atoms with Crippen molar-refractivity contribution in [2.24, 2.45) is 5.92 Å². The fourth-order valence-electron chi connectivity index (χ4n) is 3.68. The molecule has 3 N–H and O–H groups in total. The SMILES string of the molecule is Cc1nc2ccccn2c(=O)c1CCNCCC(CC(=O)O)C(O)c1ccc(F)cc1. The molecule has 0 spiro atoms. The van der Waals surface area contributed by atoms with E-state index < -0.39 is 23.8 Å². The summed E-state index contributed by atoms with van der Waals surface area (Å²) in [7, 11) is 0. The first-order chi connectivity index (χ1) is 14.9. The van der Waals surface area contributed by atoms with Crippen molar-refractivity contribution in [3.05, 3.63) is 81.7 Å². The predicted molar refractivity (Wildman–Crippen MR) is 114 cm³/mol. The van der Waals surface area contributed by atoms with E-state index in [0.29, 0.717) is 48.4 Å². The van der Waals surface area contributed by atoms with Crippen molar-refractivity contribution in [1.29, 1.82) is 0 Å². The minimum Gasteiger partial charge on any atom is -0.481 e. The molecule has 0 saturated heterocycles. The van der Waals surface area contributed by atoms with Crippen LogP contribution in [0.15, 0.2) is 53.5 Å². The van der Waals surface area contributed by atoms with Crippen LogP contribution >= 0.6 is 0 Å². The number of carbonyl (C=O) groups is 1. The average Bonchev–Trinajstić information content (AvgIpc) is 2.74. The van der Waals surface area contributed by atoms with Crippen LogP contribution in [0.3, 0.4) is 0 Å². The van der Waals surface area contributed by atoms with Gasteiger partial charge in [-0.1, -0.05) is 18.2 Å². The third kappa shape index (κ3) is 5.74. The summed E-state index contributed by atoms with van der Waals surface area (Å²) in [5.41, 5.74) is 2.31. The minimum atomic E-state index is -1.00. The second-order valence-electron chi connectivity index (χ2n) is 7.55. The third-order valence-corrected chi connectivity index (χ3v) is 5.37. The van der Waals surface area contributed by atoms with Crippen molar-refractivity contribution in [2.45, 2.75) is 32.3 Å². The van der Waals surface area contributed by atoms with E-state index in [9.17, 15) is 24.2 Å². The number of nitrogens with one attached hydrogen (secondary N) is 1. The summed E-state index contributed by atoms with van der Waals surface area (Å²) in [5, 5.41) is 23.0. The fourth-order valence-corrected chi connectivity index (χ4v) is 3.68. The summed E-state index contributed by atoms with van der Waals surface area (Å²) in [6, 6.07) is 10.8. The molecule has 0 aliphatic carbocycles. The first kappa shape index (κ1) is 22.6. The maximum atomic E-state index is 13.1. The van der Waals surface area contributed by atoms with Gasteiger partial charge in [-0.15, -0.1) is 0 Å². The highest BCUT2D eigenvalue weighted by molar-refractivity contribution is 5.67. The zero-order valence-corrected chi connectivity index (χ0v) is 17.3. The molecule has 3 aromatic rings. The van der Waals surface area contributed by atoms with Crippen LogP contribution in [0.2, 0.25) is 0 Å². The number of hydrogen-bond donors (Lipinski definition) is 3. The zero-order chi connectivity index (χ0) is 22.4. The highest BCUT2D eigenvalue weighted by Crippen LogP contribution is 2.27. The predicted octanol–water partition coefficient (Wildman–Crippen LogP) is 2.49. The molecule has 0 aliphatic heterocycles. The molecular weight excluding hydrogens is 401 g/mol. The summed E-state index contributed by atoms with van der Waals surface area (Å²) in [6.07, 6.45) is 1.39. The second kappa shape index (κ2) is 10.3. The molecule has 3 rings (SSSR count). The first-order valence-electron chi connectivity index (χ1n) is 10.2. The van der Waals surface area contributed by atoms with Gasteiger partial charge in [0.15, 0.2) is 0 Å². The number of aliphatic hydroxyl groups excluding tert-OH is 1. The van der Waals surface area contributed by atoms with Crippen molar-refractivity contribution in [3.8, 4) is 0 Å². The molecular formula is C23H26FN3O4. The van der Waals surface area contributed by atoms with Gasteiger partial charge < -0.3 is 15.5 Å². The number of aromatic nitrogens is 2. The largest absolute Gasteiger partial charge is 0.481 e. The number of aliphatic hydroxyl groups is 1. The van der Waals surface area contributed by atoms with E-state index in [1.807, 2.05) is 13.0 Å². The normalized spacial score (nSPS) is 13.3. The van der Waals surface area contributed by atoms with E-state index in [1.165, 1.54) is 28.7 Å². The molecule has 164 valence electrons. The van der Waals surface area contributed by atoms with Crippen molar-refractivity contribution < 1.29 is 19.4 Å². The molecule has 0 aliphatic rings. The fraction of sp³-hybridized carbons (Fsp3) is 0.348. The Hall–Kier alpha value is -3.10. The van der Waals surface area contributed by atoms with E-state index in [-0.39, 0.29) is 12.0 Å². The number of benzene rings is 1. The number of fused-ring (bicyclic) bond motifs is 1. The van der Waals surface area contributed by atoms with Crippen LogP contribution in [0.1, 0.15) is 35.8 Å². The molecule has 2 atom stereocenters. The van der Waals surface area contributed by atoms with Crippen molar-refractivity contribution in [3.63, 3.8) is 0 Å². The average molecular weight is 427 g/mol. The Morgan fingerprint density at radius 2 is 1.94 bits per heavy atom. The van der Waals surface area contributed by atoms with Crippen molar-refractivity contribution in [1.82, 2.24) is 14.7 Å². The molecule has 2 heterocycles. The molecule has 7 nitrogen and oxygen atoms in total. The van der Waals surface area contributed by atoms with Gasteiger partial charge in [-0.25, -0.2) is 9.37 Å². The number of halogens is 1. The number of aliphatic carboxylic acids is 1. The molecule has 0 amide bonds. The van der Waals surface area contributed by atoms with Gasteiger partial charge in [0, 0.05) is 23.4 Å². The van der Waals surface area contributed by atoms with E-state index in [1.54, 1.807) is 18.3 Å². The van der Waals surface area contributed by atoms with Crippen LogP contribution in [0.25, 0.3) is 5.65 Å². The van der Waals surface area contributed by atoms with Crippen LogP contribution in [0, 0.1) is 18.7 Å². The number of pyridine rings is 1. The Morgan fingerprint density at radius 1 is 1.19 bits per heavy atom. The number of rotatable bonds is 10. The van der Waals surface area contributed by atoms with E-state index >= 15 is 0 Å². The molecule has 0 radical (unpaired) electrons. The van der Waals surface area contributed by atoms with Gasteiger partial charge in [-0.2, -0.15) is 0 Å². The van der Waals surface area contributed by atoms with E-state index in [2.05, 4.69) is 10.3 Å². The summed E-state index contributed by atoms with van der Waals surface area (Å²) < 4.78 is 14.6. The third-order valence-electron chi connectivity index (χ3n) is 5.37. The smallest absolute Gasteiger partial charge is 0.303 e. The Kier molecular flexibility index (Phi) is 7.49. The topological polar surface area (TPSA) is 104 Å². The summed E-state index contributed by atoms with van der Waals surface area (Å²) in [5.74, 6) is -1.94. The minimum absolute atomic E-state index is 0.0969. The van der Waals surface area contributed by atoms with Gasteiger partial charge in [0.2, 0.25) is 0 Å². The van der Waals surface area contributed by atoms with Gasteiger partial charge in [-0.3, -0.25) is 14.0 Å². The Labute approximate surface area is 179 Å². The summed E-state index contributed by atoms with van der Waals surface area (Å²) >= 11 is 0. The van der Waals surface area contributed by atoms with Crippen LogP contribution in [-0.2, 0) is 11.2 Å². The number of nitrogens with zero attached hydrogens (tertiary/aromatic N) is 2. The zero-order valence-electron chi connectivity index (χ0n) is 17.3. The lowest BCUT2D eigenvalue weighted by Crippen LogP contribution is -2.28. The van der Waals surface area contributed by atoms with Crippen LogP contribution in [0.5, 0.6) is 0 Å². The molecule has 31 heavy (non-hydrogen) atoms. The van der Waals surface area contributed by atoms with Gasteiger partial charge in [0.25, 0.3) is 5.56 Å².